The lowest BCUT2D eigenvalue weighted by Gasteiger charge is -2.26. The summed E-state index contributed by atoms with van der Waals surface area (Å²) in [5.41, 5.74) is 1.64. The van der Waals surface area contributed by atoms with Crippen molar-refractivity contribution in [1.82, 2.24) is 10.1 Å². The van der Waals surface area contributed by atoms with Gasteiger partial charge in [0, 0.05) is 6.54 Å². The van der Waals surface area contributed by atoms with Gasteiger partial charge in [-0.2, -0.15) is 0 Å². The van der Waals surface area contributed by atoms with E-state index in [-0.39, 0.29) is 6.54 Å². The molecule has 2 aromatic rings. The van der Waals surface area contributed by atoms with E-state index in [1.165, 1.54) is 11.8 Å². The molecule has 1 aromatic carbocycles. The molecule has 1 unspecified atom stereocenters. The minimum Gasteiger partial charge on any atom is -0.480 e. The Hall–Kier alpha value is -2.63. The van der Waals surface area contributed by atoms with E-state index in [2.05, 4.69) is 5.16 Å². The molecule has 1 amide bonds. The van der Waals surface area contributed by atoms with E-state index in [1.54, 1.807) is 13.8 Å². The van der Waals surface area contributed by atoms with Crippen molar-refractivity contribution < 1.29 is 19.2 Å². The van der Waals surface area contributed by atoms with Crippen LogP contribution in [0.25, 0.3) is 0 Å². The van der Waals surface area contributed by atoms with E-state index in [1.807, 2.05) is 30.3 Å². The fourth-order valence-corrected chi connectivity index (χ4v) is 2.23. The third kappa shape index (κ3) is 3.16. The third-order valence-corrected chi connectivity index (χ3v) is 3.53. The summed E-state index contributed by atoms with van der Waals surface area (Å²) >= 11 is 0. The Balaban J connectivity index is 2.36. The van der Waals surface area contributed by atoms with E-state index in [0.717, 1.165) is 5.56 Å². The van der Waals surface area contributed by atoms with Gasteiger partial charge in [0.2, 0.25) is 0 Å². The number of carbonyl (C=O) groups is 2. The highest BCUT2D eigenvalue weighted by molar-refractivity contribution is 5.98. The first kappa shape index (κ1) is 15.8. The summed E-state index contributed by atoms with van der Waals surface area (Å²) in [6.45, 7) is 4.99. The Kier molecular flexibility index (Phi) is 4.60. The second-order valence-electron chi connectivity index (χ2n) is 5.13. The van der Waals surface area contributed by atoms with Crippen molar-refractivity contribution in [2.24, 2.45) is 0 Å². The van der Waals surface area contributed by atoms with Gasteiger partial charge in [0.1, 0.15) is 17.4 Å². The van der Waals surface area contributed by atoms with Gasteiger partial charge in [0.05, 0.1) is 5.69 Å². The standard InChI is InChI=1S/C16H18N2O4/c1-10-14(12(3)22-17-10)15(19)18(11(2)16(20)21)9-13-7-5-4-6-8-13/h4-8,11H,9H2,1-3H3,(H,20,21). The molecule has 6 heteroatoms. The Morgan fingerprint density at radius 1 is 1.27 bits per heavy atom. The van der Waals surface area contributed by atoms with Crippen molar-refractivity contribution in [3.05, 3.63) is 52.9 Å². The second kappa shape index (κ2) is 6.43. The van der Waals surface area contributed by atoms with E-state index in [4.69, 9.17) is 4.52 Å². The van der Waals surface area contributed by atoms with E-state index in [9.17, 15) is 14.7 Å². The van der Waals surface area contributed by atoms with Crippen LogP contribution in [0.3, 0.4) is 0 Å². The van der Waals surface area contributed by atoms with E-state index < -0.39 is 17.9 Å². The minimum atomic E-state index is -1.06. The Morgan fingerprint density at radius 2 is 1.91 bits per heavy atom. The summed E-state index contributed by atoms with van der Waals surface area (Å²) in [6, 6.07) is 8.30. The number of hydrogen-bond acceptors (Lipinski definition) is 4. The fourth-order valence-electron chi connectivity index (χ4n) is 2.23. The van der Waals surface area contributed by atoms with Crippen molar-refractivity contribution in [3.63, 3.8) is 0 Å². The smallest absolute Gasteiger partial charge is 0.326 e. The molecule has 1 N–H and O–H groups in total. The second-order valence-corrected chi connectivity index (χ2v) is 5.13. The molecule has 2 rings (SSSR count). The van der Waals surface area contributed by atoms with Crippen molar-refractivity contribution in [2.45, 2.75) is 33.4 Å². The molecule has 0 fully saturated rings. The van der Waals surface area contributed by atoms with Crippen LogP contribution in [0.4, 0.5) is 0 Å². The normalized spacial score (nSPS) is 12.0. The molecular formula is C16H18N2O4. The molecule has 116 valence electrons. The Labute approximate surface area is 128 Å². The summed E-state index contributed by atoms with van der Waals surface area (Å²) in [5, 5.41) is 13.0. The highest BCUT2D eigenvalue weighted by Crippen LogP contribution is 2.19. The van der Waals surface area contributed by atoms with E-state index in [0.29, 0.717) is 17.0 Å². The predicted molar refractivity (Wildman–Crippen MR) is 79.4 cm³/mol. The van der Waals surface area contributed by atoms with Crippen LogP contribution in [0.15, 0.2) is 34.9 Å². The van der Waals surface area contributed by atoms with Crippen LogP contribution in [0.2, 0.25) is 0 Å². The SMILES string of the molecule is Cc1noc(C)c1C(=O)N(Cc1ccccc1)C(C)C(=O)O. The minimum absolute atomic E-state index is 0.206. The first-order chi connectivity index (χ1) is 10.4. The van der Waals surface area contributed by atoms with Gasteiger partial charge in [-0.15, -0.1) is 0 Å². The molecule has 0 aliphatic rings. The summed E-state index contributed by atoms with van der Waals surface area (Å²) in [4.78, 5) is 25.4. The number of carboxylic acids is 1. The lowest BCUT2D eigenvalue weighted by Crippen LogP contribution is -2.43. The number of aromatic nitrogens is 1. The molecule has 0 saturated heterocycles. The topological polar surface area (TPSA) is 83.6 Å². The van der Waals surface area contributed by atoms with Crippen LogP contribution in [-0.2, 0) is 11.3 Å². The average molecular weight is 302 g/mol. The van der Waals surface area contributed by atoms with E-state index >= 15 is 0 Å². The lowest BCUT2D eigenvalue weighted by atomic mass is 10.1. The highest BCUT2D eigenvalue weighted by atomic mass is 16.5. The molecule has 0 radical (unpaired) electrons. The van der Waals surface area contributed by atoms with Crippen LogP contribution in [0.5, 0.6) is 0 Å². The number of hydrogen-bond donors (Lipinski definition) is 1. The zero-order valence-corrected chi connectivity index (χ0v) is 12.7. The molecule has 0 spiro atoms. The number of aryl methyl sites for hydroxylation is 2. The van der Waals surface area contributed by atoms with Gasteiger partial charge >= 0.3 is 5.97 Å². The molecule has 0 aliphatic heterocycles. The molecule has 0 bridgehead atoms. The molecule has 22 heavy (non-hydrogen) atoms. The summed E-state index contributed by atoms with van der Waals surface area (Å²) < 4.78 is 5.01. The van der Waals surface area contributed by atoms with Crippen LogP contribution < -0.4 is 0 Å². The molecule has 1 aromatic heterocycles. The van der Waals surface area contributed by atoms with Gasteiger partial charge in [-0.3, -0.25) is 4.79 Å². The largest absolute Gasteiger partial charge is 0.480 e. The number of nitrogens with zero attached hydrogens (tertiary/aromatic N) is 2. The zero-order chi connectivity index (χ0) is 16.3. The molecular weight excluding hydrogens is 284 g/mol. The van der Waals surface area contributed by atoms with Crippen LogP contribution in [-0.4, -0.2) is 33.1 Å². The van der Waals surface area contributed by atoms with Gasteiger partial charge in [-0.25, -0.2) is 4.79 Å². The van der Waals surface area contributed by atoms with Crippen molar-refractivity contribution in [2.75, 3.05) is 0 Å². The molecule has 6 nitrogen and oxygen atoms in total. The number of benzene rings is 1. The van der Waals surface area contributed by atoms with Gasteiger partial charge in [-0.1, -0.05) is 35.5 Å². The first-order valence-corrected chi connectivity index (χ1v) is 6.92. The molecule has 1 atom stereocenters. The Morgan fingerprint density at radius 3 is 2.41 bits per heavy atom. The van der Waals surface area contributed by atoms with Crippen LogP contribution >= 0.6 is 0 Å². The molecule has 1 heterocycles. The summed E-state index contributed by atoms with van der Waals surface area (Å²) in [6.07, 6.45) is 0. The maximum atomic E-state index is 12.8. The lowest BCUT2D eigenvalue weighted by molar-refractivity contribution is -0.141. The molecule has 0 saturated carbocycles. The average Bonchev–Trinajstić information content (AvgIpc) is 2.83. The van der Waals surface area contributed by atoms with Crippen LogP contribution in [0.1, 0.15) is 34.3 Å². The predicted octanol–water partition coefficient (Wildman–Crippen LogP) is 2.41. The molecule has 0 aliphatic carbocycles. The summed E-state index contributed by atoms with van der Waals surface area (Å²) in [5.74, 6) is -1.07. The highest BCUT2D eigenvalue weighted by Gasteiger charge is 2.30. The quantitative estimate of drug-likeness (QED) is 0.917. The van der Waals surface area contributed by atoms with Crippen molar-refractivity contribution in [3.8, 4) is 0 Å². The zero-order valence-electron chi connectivity index (χ0n) is 12.7. The number of carboxylic acid groups (broad SMARTS) is 1. The Bertz CT molecular complexity index is 659. The third-order valence-electron chi connectivity index (χ3n) is 3.53. The van der Waals surface area contributed by atoms with Gasteiger partial charge < -0.3 is 14.5 Å². The number of carbonyl (C=O) groups excluding carboxylic acids is 1. The maximum absolute atomic E-state index is 12.8. The number of aliphatic carboxylic acids is 1. The summed E-state index contributed by atoms with van der Waals surface area (Å²) in [7, 11) is 0. The van der Waals surface area contributed by atoms with Crippen LogP contribution in [0, 0.1) is 13.8 Å². The van der Waals surface area contributed by atoms with Crippen molar-refractivity contribution in [1.29, 1.82) is 0 Å². The van der Waals surface area contributed by atoms with Gasteiger partial charge in [-0.05, 0) is 26.3 Å². The van der Waals surface area contributed by atoms with Gasteiger partial charge in [0.25, 0.3) is 5.91 Å². The monoisotopic (exact) mass is 302 g/mol. The maximum Gasteiger partial charge on any atom is 0.326 e. The van der Waals surface area contributed by atoms with Crippen molar-refractivity contribution >= 4 is 11.9 Å². The number of amides is 1. The number of rotatable bonds is 5. The van der Waals surface area contributed by atoms with Gasteiger partial charge in [0.15, 0.2) is 0 Å². The first-order valence-electron chi connectivity index (χ1n) is 6.92. The fraction of sp³-hybridized carbons (Fsp3) is 0.312.